The van der Waals surface area contributed by atoms with Gasteiger partial charge in [-0.05, 0) is 30.5 Å². The number of carboxylic acids is 1. The third-order valence-corrected chi connectivity index (χ3v) is 6.56. The second-order valence-corrected chi connectivity index (χ2v) is 9.12. The minimum Gasteiger partial charge on any atom is -0.480 e. The molecule has 1 aromatic heterocycles. The molecule has 1 aliphatic rings. The largest absolute Gasteiger partial charge is 0.480 e. The van der Waals surface area contributed by atoms with Crippen LogP contribution in [0.1, 0.15) is 30.9 Å². The molecule has 5 N–H and O–H groups in total. The van der Waals surface area contributed by atoms with Gasteiger partial charge in [0.15, 0.2) is 0 Å². The van der Waals surface area contributed by atoms with Gasteiger partial charge in [-0.1, -0.05) is 42.5 Å². The van der Waals surface area contributed by atoms with Gasteiger partial charge in [0.2, 0.25) is 17.7 Å². The minimum atomic E-state index is -1.55. The van der Waals surface area contributed by atoms with Gasteiger partial charge in [-0.2, -0.15) is 0 Å². The van der Waals surface area contributed by atoms with E-state index in [1.54, 1.807) is 54.6 Å². The van der Waals surface area contributed by atoms with Crippen molar-refractivity contribution in [2.75, 3.05) is 6.54 Å². The Labute approximate surface area is 216 Å². The van der Waals surface area contributed by atoms with Crippen molar-refractivity contribution in [1.82, 2.24) is 19.8 Å². The van der Waals surface area contributed by atoms with Gasteiger partial charge in [-0.3, -0.25) is 19.2 Å². The third kappa shape index (κ3) is 5.48. The minimum absolute atomic E-state index is 0.00522. The van der Waals surface area contributed by atoms with Crippen molar-refractivity contribution < 1.29 is 24.3 Å². The molecule has 0 saturated carbocycles. The lowest BCUT2D eigenvalue weighted by atomic mass is 10.0. The van der Waals surface area contributed by atoms with Gasteiger partial charge in [-0.15, -0.1) is 0 Å². The number of hydrogen-bond donors (Lipinski definition) is 4. The van der Waals surface area contributed by atoms with Crippen molar-refractivity contribution in [2.45, 2.75) is 43.8 Å². The van der Waals surface area contributed by atoms with Crippen LogP contribution in [0.3, 0.4) is 0 Å². The molecule has 0 radical (unpaired) electrons. The number of para-hydroxylation sites is 1. The number of nitrogens with one attached hydrogen (secondary N) is 2. The van der Waals surface area contributed by atoms with E-state index < -0.39 is 59.5 Å². The highest BCUT2D eigenvalue weighted by molar-refractivity contribution is 5.93. The van der Waals surface area contributed by atoms with E-state index in [-0.39, 0.29) is 24.8 Å². The van der Waals surface area contributed by atoms with Crippen LogP contribution in [0.25, 0.3) is 10.9 Å². The maximum absolute atomic E-state index is 13.9. The summed E-state index contributed by atoms with van der Waals surface area (Å²) in [5.41, 5.74) is 4.71. The first-order chi connectivity index (χ1) is 18.2. The van der Waals surface area contributed by atoms with Gasteiger partial charge in [-0.25, -0.2) is 14.2 Å². The number of nitrogens with two attached hydrogens (primary N) is 1. The van der Waals surface area contributed by atoms with Crippen molar-refractivity contribution >= 4 is 34.6 Å². The molecule has 12 nitrogen and oxygen atoms in total. The number of aliphatic carboxylic acids is 1. The zero-order valence-corrected chi connectivity index (χ0v) is 20.3. The predicted octanol–water partition coefficient (Wildman–Crippen LogP) is -0.0906. The Morgan fingerprint density at radius 3 is 2.42 bits per heavy atom. The summed E-state index contributed by atoms with van der Waals surface area (Å²) in [5, 5.41) is 11.9. The van der Waals surface area contributed by atoms with Gasteiger partial charge in [0.25, 0.3) is 5.56 Å². The van der Waals surface area contributed by atoms with Crippen LogP contribution in [0.5, 0.6) is 0 Å². The molecule has 3 amide bonds. The summed E-state index contributed by atoms with van der Waals surface area (Å²) >= 11 is 0. The monoisotopic (exact) mass is 521 g/mol. The number of benzene rings is 2. The Morgan fingerprint density at radius 2 is 1.74 bits per heavy atom. The van der Waals surface area contributed by atoms with Gasteiger partial charge < -0.3 is 26.0 Å². The van der Waals surface area contributed by atoms with Crippen LogP contribution < -0.4 is 22.3 Å². The molecule has 1 aliphatic heterocycles. The van der Waals surface area contributed by atoms with Crippen LogP contribution in [0.15, 0.2) is 64.2 Å². The number of carboxylic acid groups (broad SMARTS) is 1. The number of carbonyl (C=O) groups excluding carboxylic acids is 3. The molecule has 0 bridgehead atoms. The fourth-order valence-electron chi connectivity index (χ4n) is 4.75. The van der Waals surface area contributed by atoms with Crippen LogP contribution in [0, 0.1) is 0 Å². The molecular formula is C26H27N5O7. The average Bonchev–Trinajstić information content (AvgIpc) is 3.38. The topological polar surface area (TPSA) is 185 Å². The summed E-state index contributed by atoms with van der Waals surface area (Å²) in [5.74, 6) is -3.74. The second kappa shape index (κ2) is 11.1. The smallest absolute Gasteiger partial charge is 0.329 e. The third-order valence-electron chi connectivity index (χ3n) is 6.56. The molecule has 0 aliphatic carbocycles. The first kappa shape index (κ1) is 26.3. The van der Waals surface area contributed by atoms with Crippen molar-refractivity contribution in [1.29, 1.82) is 0 Å². The summed E-state index contributed by atoms with van der Waals surface area (Å²) < 4.78 is 0.873. The molecule has 38 heavy (non-hydrogen) atoms. The number of H-pyrrole nitrogens is 1. The Kier molecular flexibility index (Phi) is 7.70. The second-order valence-electron chi connectivity index (χ2n) is 9.12. The lowest BCUT2D eigenvalue weighted by Crippen LogP contribution is -2.54. The molecule has 198 valence electrons. The van der Waals surface area contributed by atoms with Crippen molar-refractivity contribution in [3.05, 3.63) is 81.0 Å². The highest BCUT2D eigenvalue weighted by Crippen LogP contribution is 2.24. The number of likely N-dealkylation sites (tertiary alicyclic amines) is 1. The molecule has 3 aromatic rings. The van der Waals surface area contributed by atoms with E-state index in [2.05, 4.69) is 10.3 Å². The fraction of sp³-hybridized carbons (Fsp3) is 0.308. The van der Waals surface area contributed by atoms with E-state index in [4.69, 9.17) is 5.73 Å². The molecule has 2 aromatic carbocycles. The predicted molar refractivity (Wildman–Crippen MR) is 136 cm³/mol. The van der Waals surface area contributed by atoms with Crippen LogP contribution in [-0.4, -0.2) is 61.9 Å². The van der Waals surface area contributed by atoms with Gasteiger partial charge in [0.1, 0.15) is 18.1 Å². The SMILES string of the molecule is NC(=O)CC(NC(=O)C1CCCN1C(=O)C(Cc1ccccc1)n1c(=O)[nH]c2ccccc2c1=O)C(=O)O. The van der Waals surface area contributed by atoms with E-state index >= 15 is 0 Å². The van der Waals surface area contributed by atoms with Crippen molar-refractivity contribution in [2.24, 2.45) is 5.73 Å². The summed E-state index contributed by atoms with van der Waals surface area (Å²) in [4.78, 5) is 80.1. The highest BCUT2D eigenvalue weighted by atomic mass is 16.4. The van der Waals surface area contributed by atoms with Gasteiger partial charge in [0, 0.05) is 13.0 Å². The average molecular weight is 522 g/mol. The number of carbonyl (C=O) groups is 4. The lowest BCUT2D eigenvalue weighted by molar-refractivity contribution is -0.145. The molecule has 1 saturated heterocycles. The number of aromatic nitrogens is 2. The molecule has 1 fully saturated rings. The van der Waals surface area contributed by atoms with Crippen molar-refractivity contribution in [3.63, 3.8) is 0 Å². The Bertz CT molecular complexity index is 1500. The normalized spacial score (nSPS) is 16.6. The van der Waals surface area contributed by atoms with Gasteiger partial charge in [0.05, 0.1) is 17.3 Å². The fourth-order valence-corrected chi connectivity index (χ4v) is 4.75. The zero-order valence-electron chi connectivity index (χ0n) is 20.3. The van der Waals surface area contributed by atoms with Crippen molar-refractivity contribution in [3.8, 4) is 0 Å². The first-order valence-electron chi connectivity index (χ1n) is 12.1. The maximum Gasteiger partial charge on any atom is 0.329 e. The number of primary amides is 1. The summed E-state index contributed by atoms with van der Waals surface area (Å²) in [6, 6.07) is 11.4. The van der Waals surface area contributed by atoms with E-state index in [9.17, 15) is 33.9 Å². The van der Waals surface area contributed by atoms with Crippen LogP contribution in [0.4, 0.5) is 0 Å². The molecule has 4 rings (SSSR count). The standard InChI is InChI=1S/C26H27N5O7/c27-21(32)14-18(25(36)37)28-22(33)19-11-6-12-30(19)24(35)20(13-15-7-2-1-3-8-15)31-23(34)16-9-4-5-10-17(16)29-26(31)38/h1-5,7-10,18-20H,6,11-14H2,(H2,27,32)(H,28,33)(H,29,38)(H,36,37). The highest BCUT2D eigenvalue weighted by Gasteiger charge is 2.40. The molecule has 3 atom stereocenters. The van der Waals surface area contributed by atoms with Crippen LogP contribution in [0.2, 0.25) is 0 Å². The summed E-state index contributed by atoms with van der Waals surface area (Å²) in [6.45, 7) is 0.163. The van der Waals surface area contributed by atoms with Crippen LogP contribution in [-0.2, 0) is 25.6 Å². The van der Waals surface area contributed by atoms with E-state index in [0.717, 1.165) is 4.57 Å². The number of hydrogen-bond acceptors (Lipinski definition) is 6. The number of nitrogens with zero attached hydrogens (tertiary/aromatic N) is 2. The Balaban J connectivity index is 1.71. The van der Waals surface area contributed by atoms with E-state index in [1.165, 1.54) is 4.90 Å². The number of rotatable bonds is 9. The summed E-state index contributed by atoms with van der Waals surface area (Å²) in [6.07, 6.45) is 0.0748. The molecule has 2 heterocycles. The van der Waals surface area contributed by atoms with Crippen LogP contribution >= 0.6 is 0 Å². The quantitative estimate of drug-likeness (QED) is 0.303. The van der Waals surface area contributed by atoms with E-state index in [1.807, 2.05) is 0 Å². The summed E-state index contributed by atoms with van der Waals surface area (Å²) in [7, 11) is 0. The number of amides is 3. The molecule has 3 unspecified atom stereocenters. The number of fused-ring (bicyclic) bond motifs is 1. The Morgan fingerprint density at radius 1 is 1.05 bits per heavy atom. The first-order valence-corrected chi connectivity index (χ1v) is 12.1. The zero-order chi connectivity index (χ0) is 27.4. The number of aromatic amines is 1. The van der Waals surface area contributed by atoms with E-state index in [0.29, 0.717) is 17.5 Å². The maximum atomic E-state index is 13.9. The molecular weight excluding hydrogens is 494 g/mol. The molecule has 12 heteroatoms. The Hall–Kier alpha value is -4.74. The van der Waals surface area contributed by atoms with Gasteiger partial charge >= 0.3 is 11.7 Å². The lowest BCUT2D eigenvalue weighted by Gasteiger charge is -2.29. The molecule has 0 spiro atoms.